The van der Waals surface area contributed by atoms with Gasteiger partial charge in [0.05, 0.1) is 6.04 Å². The topological polar surface area (TPSA) is 57.8 Å². The van der Waals surface area contributed by atoms with Crippen molar-refractivity contribution in [1.29, 1.82) is 0 Å². The number of aromatic nitrogens is 2. The lowest BCUT2D eigenvalue weighted by molar-refractivity contribution is 0.0940. The molecule has 4 nitrogen and oxygen atoms in total. The van der Waals surface area contributed by atoms with Gasteiger partial charge in [-0.1, -0.05) is 6.07 Å². The van der Waals surface area contributed by atoms with Gasteiger partial charge in [-0.25, -0.2) is 0 Å². The van der Waals surface area contributed by atoms with Crippen molar-refractivity contribution in [2.75, 3.05) is 0 Å². The summed E-state index contributed by atoms with van der Waals surface area (Å²) in [5.41, 5.74) is 5.05. The molecule has 0 saturated heterocycles. The zero-order chi connectivity index (χ0) is 15.7. The summed E-state index contributed by atoms with van der Waals surface area (Å²) < 4.78 is 0. The summed E-state index contributed by atoms with van der Waals surface area (Å²) in [5.74, 6) is -0.0727. The summed E-state index contributed by atoms with van der Waals surface area (Å²) in [6, 6.07) is 9.50. The van der Waals surface area contributed by atoms with Gasteiger partial charge in [-0.3, -0.25) is 9.78 Å². The monoisotopic (exact) mass is 293 g/mol. The Labute approximate surface area is 129 Å². The molecule has 0 aliphatic carbocycles. The van der Waals surface area contributed by atoms with Gasteiger partial charge in [-0.2, -0.15) is 0 Å². The number of aryl methyl sites for hydroxylation is 2. The van der Waals surface area contributed by atoms with Crippen molar-refractivity contribution < 1.29 is 4.79 Å². The van der Waals surface area contributed by atoms with E-state index in [1.54, 1.807) is 12.4 Å². The number of benzene rings is 1. The summed E-state index contributed by atoms with van der Waals surface area (Å²) in [6.07, 6.45) is 3.50. The van der Waals surface area contributed by atoms with Crippen LogP contribution in [0.1, 0.15) is 40.1 Å². The van der Waals surface area contributed by atoms with E-state index >= 15 is 0 Å². The normalized spacial score (nSPS) is 12.3. The highest BCUT2D eigenvalue weighted by Gasteiger charge is 2.13. The van der Waals surface area contributed by atoms with Gasteiger partial charge in [0.1, 0.15) is 0 Å². The molecule has 3 aromatic rings. The number of aromatic amines is 1. The Balaban J connectivity index is 1.84. The van der Waals surface area contributed by atoms with Gasteiger partial charge < -0.3 is 10.3 Å². The van der Waals surface area contributed by atoms with Gasteiger partial charge in [-0.15, -0.1) is 0 Å². The predicted octanol–water partition coefficient (Wildman–Crippen LogP) is 3.67. The summed E-state index contributed by atoms with van der Waals surface area (Å²) in [6.45, 7) is 6.06. The Morgan fingerprint density at radius 3 is 2.82 bits per heavy atom. The highest BCUT2D eigenvalue weighted by molar-refractivity contribution is 5.99. The maximum absolute atomic E-state index is 12.4. The summed E-state index contributed by atoms with van der Waals surface area (Å²) in [4.78, 5) is 19.9. The fraction of sp³-hybridized carbons (Fsp3) is 0.222. The van der Waals surface area contributed by atoms with Crippen LogP contribution < -0.4 is 5.32 Å². The third-order valence-electron chi connectivity index (χ3n) is 4.10. The van der Waals surface area contributed by atoms with Crippen LogP contribution in [0.25, 0.3) is 10.9 Å². The molecule has 2 aromatic heterocycles. The smallest absolute Gasteiger partial charge is 0.251 e. The number of fused-ring (bicyclic) bond motifs is 1. The molecule has 0 spiro atoms. The first-order valence-electron chi connectivity index (χ1n) is 7.36. The minimum absolute atomic E-state index is 0.0727. The lowest BCUT2D eigenvalue weighted by atomic mass is 10.1. The largest absolute Gasteiger partial charge is 0.358 e. The van der Waals surface area contributed by atoms with Crippen LogP contribution in [0.4, 0.5) is 0 Å². The number of carbonyl (C=O) groups is 1. The maximum atomic E-state index is 12.4. The van der Waals surface area contributed by atoms with Crippen molar-refractivity contribution >= 4 is 16.8 Å². The molecular formula is C18H19N3O. The molecule has 0 bridgehead atoms. The van der Waals surface area contributed by atoms with Crippen LogP contribution in [0, 0.1) is 13.8 Å². The summed E-state index contributed by atoms with van der Waals surface area (Å²) >= 11 is 0. The Morgan fingerprint density at radius 2 is 2.09 bits per heavy atom. The van der Waals surface area contributed by atoms with Crippen LogP contribution in [0.5, 0.6) is 0 Å². The third-order valence-corrected chi connectivity index (χ3v) is 4.10. The van der Waals surface area contributed by atoms with Crippen molar-refractivity contribution in [1.82, 2.24) is 15.3 Å². The van der Waals surface area contributed by atoms with Crippen LogP contribution in [0.3, 0.4) is 0 Å². The van der Waals surface area contributed by atoms with E-state index in [9.17, 15) is 4.79 Å². The molecule has 1 amide bonds. The second-order valence-electron chi connectivity index (χ2n) is 5.62. The first-order valence-corrected chi connectivity index (χ1v) is 7.36. The molecule has 4 heteroatoms. The minimum Gasteiger partial charge on any atom is -0.358 e. The van der Waals surface area contributed by atoms with Crippen molar-refractivity contribution in [3.8, 4) is 0 Å². The molecule has 2 N–H and O–H groups in total. The number of nitrogens with zero attached hydrogens (tertiary/aromatic N) is 1. The molecule has 1 aromatic carbocycles. The Morgan fingerprint density at radius 1 is 1.27 bits per heavy atom. The number of amides is 1. The molecule has 3 rings (SSSR count). The van der Waals surface area contributed by atoms with Gasteiger partial charge in [-0.05, 0) is 56.2 Å². The first-order chi connectivity index (χ1) is 10.6. The number of H-pyrrole nitrogens is 1. The van der Waals surface area contributed by atoms with E-state index in [-0.39, 0.29) is 11.9 Å². The Bertz CT molecular complexity index is 821. The number of rotatable bonds is 3. The Hall–Kier alpha value is -2.62. The summed E-state index contributed by atoms with van der Waals surface area (Å²) in [7, 11) is 0. The van der Waals surface area contributed by atoms with E-state index in [0.717, 1.165) is 22.2 Å². The lowest BCUT2D eigenvalue weighted by Crippen LogP contribution is -2.26. The molecule has 112 valence electrons. The van der Waals surface area contributed by atoms with Crippen LogP contribution in [0.15, 0.2) is 42.7 Å². The van der Waals surface area contributed by atoms with E-state index in [0.29, 0.717) is 5.56 Å². The highest BCUT2D eigenvalue weighted by Crippen LogP contribution is 2.22. The van der Waals surface area contributed by atoms with Crippen LogP contribution in [0.2, 0.25) is 0 Å². The van der Waals surface area contributed by atoms with Crippen LogP contribution in [-0.4, -0.2) is 15.9 Å². The third kappa shape index (κ3) is 2.60. The molecule has 0 aliphatic heterocycles. The van der Waals surface area contributed by atoms with Gasteiger partial charge >= 0.3 is 0 Å². The van der Waals surface area contributed by atoms with Crippen LogP contribution >= 0.6 is 0 Å². The van der Waals surface area contributed by atoms with Crippen molar-refractivity contribution in [3.05, 3.63) is 65.1 Å². The molecule has 1 unspecified atom stereocenters. The molecule has 22 heavy (non-hydrogen) atoms. The van der Waals surface area contributed by atoms with Crippen molar-refractivity contribution in [2.24, 2.45) is 0 Å². The zero-order valence-corrected chi connectivity index (χ0v) is 13.0. The van der Waals surface area contributed by atoms with Gasteiger partial charge in [0.25, 0.3) is 5.91 Å². The predicted molar refractivity (Wildman–Crippen MR) is 87.9 cm³/mol. The number of hydrogen-bond acceptors (Lipinski definition) is 2. The average molecular weight is 293 g/mol. The van der Waals surface area contributed by atoms with Gasteiger partial charge in [0.15, 0.2) is 0 Å². The second-order valence-corrected chi connectivity index (χ2v) is 5.62. The zero-order valence-electron chi connectivity index (χ0n) is 13.0. The number of hydrogen-bond donors (Lipinski definition) is 2. The van der Waals surface area contributed by atoms with Crippen molar-refractivity contribution in [2.45, 2.75) is 26.8 Å². The van der Waals surface area contributed by atoms with E-state index in [1.807, 2.05) is 44.2 Å². The molecule has 0 saturated carbocycles. The highest BCUT2D eigenvalue weighted by atomic mass is 16.1. The SMILES string of the molecule is Cc1[nH]c2ccc(C(=O)NC(C)c3cccnc3)cc2c1C. The number of pyridine rings is 1. The Kier molecular flexibility index (Phi) is 3.67. The fourth-order valence-corrected chi connectivity index (χ4v) is 2.60. The molecular weight excluding hydrogens is 274 g/mol. The standard InChI is InChI=1S/C18H19N3O/c1-11-12(2)20-17-7-6-14(9-16(11)17)18(22)21-13(3)15-5-4-8-19-10-15/h4-10,13,20H,1-3H3,(H,21,22). The van der Waals surface area contributed by atoms with E-state index in [1.165, 1.54) is 5.56 Å². The number of carbonyl (C=O) groups excluding carboxylic acids is 1. The van der Waals surface area contributed by atoms with E-state index in [4.69, 9.17) is 0 Å². The molecule has 2 heterocycles. The number of nitrogens with one attached hydrogen (secondary N) is 2. The first kappa shape index (κ1) is 14.3. The maximum Gasteiger partial charge on any atom is 0.251 e. The van der Waals surface area contributed by atoms with Crippen molar-refractivity contribution in [3.63, 3.8) is 0 Å². The quantitative estimate of drug-likeness (QED) is 0.774. The second kappa shape index (κ2) is 5.64. The summed E-state index contributed by atoms with van der Waals surface area (Å²) in [5, 5.41) is 4.11. The molecule has 0 aliphatic rings. The van der Waals surface area contributed by atoms with Gasteiger partial charge in [0.2, 0.25) is 0 Å². The molecule has 0 fully saturated rings. The van der Waals surface area contributed by atoms with Gasteiger partial charge in [0, 0.05) is 34.6 Å². The molecule has 0 radical (unpaired) electrons. The molecule has 1 atom stereocenters. The van der Waals surface area contributed by atoms with E-state index in [2.05, 4.69) is 22.2 Å². The average Bonchev–Trinajstić information content (AvgIpc) is 2.82. The van der Waals surface area contributed by atoms with E-state index < -0.39 is 0 Å². The lowest BCUT2D eigenvalue weighted by Gasteiger charge is -2.14. The van der Waals surface area contributed by atoms with Crippen LogP contribution in [-0.2, 0) is 0 Å². The fourth-order valence-electron chi connectivity index (χ4n) is 2.60. The minimum atomic E-state index is -0.0778.